The molecule has 1 fully saturated rings. The molecule has 1 aliphatic heterocycles. The van der Waals surface area contributed by atoms with Gasteiger partial charge >= 0.3 is 0 Å². The van der Waals surface area contributed by atoms with E-state index in [0.29, 0.717) is 10.7 Å². The van der Waals surface area contributed by atoms with Crippen LogP contribution in [-0.2, 0) is 14.8 Å². The highest BCUT2D eigenvalue weighted by Crippen LogP contribution is 2.26. The number of anilines is 1. The number of rotatable bonds is 4. The lowest BCUT2D eigenvalue weighted by atomic mass is 10.2. The summed E-state index contributed by atoms with van der Waals surface area (Å²) in [7, 11) is -3.88. The Labute approximate surface area is 169 Å². The maximum atomic E-state index is 12.7. The number of carbonyl (C=O) groups excluding carboxylic acids is 2. The average molecular weight is 473 g/mol. The minimum Gasteiger partial charge on any atom is -0.354 e. The van der Waals surface area contributed by atoms with Crippen LogP contribution in [0.4, 0.5) is 5.69 Å². The Balaban J connectivity index is 1.84. The van der Waals surface area contributed by atoms with E-state index in [2.05, 4.69) is 26.6 Å². The highest BCUT2D eigenvalue weighted by atomic mass is 79.9. The molecule has 0 saturated carbocycles. The normalized spacial score (nSPS) is 15.3. The monoisotopic (exact) mass is 471 g/mol. The van der Waals surface area contributed by atoms with Crippen molar-refractivity contribution in [3.8, 4) is 0 Å². The summed E-state index contributed by atoms with van der Waals surface area (Å²) in [4.78, 5) is 23.9. The second-order valence-corrected chi connectivity index (χ2v) is 9.06. The summed E-state index contributed by atoms with van der Waals surface area (Å²) in [6.45, 7) is 0.187. The van der Waals surface area contributed by atoms with Gasteiger partial charge in [0.2, 0.25) is 15.9 Å². The fraction of sp³-hybridized carbons (Fsp3) is 0.176. The van der Waals surface area contributed by atoms with E-state index in [4.69, 9.17) is 11.6 Å². The van der Waals surface area contributed by atoms with Gasteiger partial charge in [-0.25, -0.2) is 8.42 Å². The molecule has 0 atom stereocenters. The molecule has 0 aliphatic carbocycles. The summed E-state index contributed by atoms with van der Waals surface area (Å²) in [5.74, 6) is -0.851. The van der Waals surface area contributed by atoms with Crippen molar-refractivity contribution < 1.29 is 18.0 Å². The average Bonchev–Trinajstić information content (AvgIpc) is 2.64. The molecule has 0 spiro atoms. The lowest BCUT2D eigenvalue weighted by Crippen LogP contribution is -2.49. The van der Waals surface area contributed by atoms with Crippen molar-refractivity contribution >= 4 is 55.1 Å². The van der Waals surface area contributed by atoms with Crippen molar-refractivity contribution in [2.75, 3.05) is 25.0 Å². The molecule has 3 rings (SSSR count). The van der Waals surface area contributed by atoms with Gasteiger partial charge in [-0.1, -0.05) is 33.6 Å². The Morgan fingerprint density at radius 3 is 2.70 bits per heavy atom. The number of hydrogen-bond donors (Lipinski definition) is 2. The molecule has 2 N–H and O–H groups in total. The van der Waals surface area contributed by atoms with Crippen LogP contribution in [0.1, 0.15) is 10.4 Å². The van der Waals surface area contributed by atoms with Crippen molar-refractivity contribution in [2.24, 2.45) is 0 Å². The van der Waals surface area contributed by atoms with Crippen molar-refractivity contribution in [1.29, 1.82) is 0 Å². The zero-order chi connectivity index (χ0) is 19.6. The van der Waals surface area contributed by atoms with E-state index < -0.39 is 15.9 Å². The maximum absolute atomic E-state index is 12.7. The van der Waals surface area contributed by atoms with Gasteiger partial charge in [0.25, 0.3) is 5.91 Å². The molecule has 2 amide bonds. The van der Waals surface area contributed by atoms with Crippen LogP contribution in [0, 0.1) is 0 Å². The number of piperazine rings is 1. The largest absolute Gasteiger partial charge is 0.354 e. The summed E-state index contributed by atoms with van der Waals surface area (Å²) < 4.78 is 27.4. The quantitative estimate of drug-likeness (QED) is 0.715. The highest BCUT2D eigenvalue weighted by Gasteiger charge is 2.29. The van der Waals surface area contributed by atoms with Crippen LogP contribution < -0.4 is 10.6 Å². The first-order valence-corrected chi connectivity index (χ1v) is 10.5. The second kappa shape index (κ2) is 7.97. The second-order valence-electron chi connectivity index (χ2n) is 5.79. The molecule has 0 aromatic heterocycles. The Bertz CT molecular complexity index is 1010. The molecule has 1 heterocycles. The highest BCUT2D eigenvalue weighted by molar-refractivity contribution is 9.10. The van der Waals surface area contributed by atoms with E-state index in [-0.39, 0.29) is 36.0 Å². The first-order chi connectivity index (χ1) is 12.8. The van der Waals surface area contributed by atoms with Gasteiger partial charge in [0, 0.05) is 23.1 Å². The van der Waals surface area contributed by atoms with Gasteiger partial charge in [0.1, 0.15) is 0 Å². The number of sulfonamides is 1. The van der Waals surface area contributed by atoms with Gasteiger partial charge < -0.3 is 10.6 Å². The van der Waals surface area contributed by atoms with E-state index in [0.717, 1.165) is 8.78 Å². The molecule has 1 aliphatic rings. The SMILES string of the molecule is O=C1CN(S(=O)(=O)c2cccc(C(=O)Nc3ccc(Br)cc3Cl)c2)CCN1. The molecule has 2 aromatic rings. The van der Waals surface area contributed by atoms with Crippen molar-refractivity contribution in [3.05, 3.63) is 57.5 Å². The first kappa shape index (κ1) is 19.8. The predicted molar refractivity (Wildman–Crippen MR) is 105 cm³/mol. The van der Waals surface area contributed by atoms with Crippen LogP contribution in [-0.4, -0.2) is 44.2 Å². The summed E-state index contributed by atoms with van der Waals surface area (Å²) in [5, 5.41) is 5.58. The first-order valence-electron chi connectivity index (χ1n) is 7.91. The van der Waals surface area contributed by atoms with Gasteiger partial charge in [-0.05, 0) is 36.4 Å². The Morgan fingerprint density at radius 2 is 2.00 bits per heavy atom. The number of benzene rings is 2. The number of carbonyl (C=O) groups is 2. The molecule has 1 saturated heterocycles. The van der Waals surface area contributed by atoms with E-state index >= 15 is 0 Å². The van der Waals surface area contributed by atoms with Crippen LogP contribution in [0.15, 0.2) is 51.8 Å². The minimum atomic E-state index is -3.88. The lowest BCUT2D eigenvalue weighted by molar-refractivity contribution is -0.122. The minimum absolute atomic E-state index is 0.0493. The zero-order valence-corrected chi connectivity index (χ0v) is 17.1. The van der Waals surface area contributed by atoms with Crippen LogP contribution in [0.25, 0.3) is 0 Å². The lowest BCUT2D eigenvalue weighted by Gasteiger charge is -2.26. The number of nitrogens with one attached hydrogen (secondary N) is 2. The Hall–Kier alpha value is -1.94. The van der Waals surface area contributed by atoms with Crippen molar-refractivity contribution in [1.82, 2.24) is 9.62 Å². The molecular formula is C17H15BrClN3O4S. The fourth-order valence-electron chi connectivity index (χ4n) is 2.55. The number of halogens is 2. The Morgan fingerprint density at radius 1 is 1.22 bits per heavy atom. The van der Waals surface area contributed by atoms with E-state index in [1.165, 1.54) is 24.3 Å². The van der Waals surface area contributed by atoms with Gasteiger partial charge in [-0.2, -0.15) is 4.31 Å². The summed E-state index contributed by atoms with van der Waals surface area (Å²) >= 11 is 9.38. The van der Waals surface area contributed by atoms with Gasteiger partial charge in [0.05, 0.1) is 22.2 Å². The third kappa shape index (κ3) is 4.49. The molecule has 142 valence electrons. The van der Waals surface area contributed by atoms with Gasteiger partial charge in [-0.3, -0.25) is 9.59 Å². The fourth-order valence-corrected chi connectivity index (χ4v) is 4.72. The topological polar surface area (TPSA) is 95.6 Å². The van der Waals surface area contributed by atoms with E-state index in [1.807, 2.05) is 0 Å². The zero-order valence-electron chi connectivity index (χ0n) is 13.9. The Kier molecular flexibility index (Phi) is 5.85. The molecule has 10 heteroatoms. The molecule has 27 heavy (non-hydrogen) atoms. The number of amides is 2. The maximum Gasteiger partial charge on any atom is 0.255 e. The molecule has 2 aromatic carbocycles. The van der Waals surface area contributed by atoms with Gasteiger partial charge in [0.15, 0.2) is 0 Å². The molecule has 7 nitrogen and oxygen atoms in total. The smallest absolute Gasteiger partial charge is 0.255 e. The van der Waals surface area contributed by atoms with Crippen LogP contribution >= 0.6 is 27.5 Å². The number of hydrogen-bond acceptors (Lipinski definition) is 4. The standard InChI is InChI=1S/C17H15BrClN3O4S/c18-12-4-5-15(14(19)9-12)21-17(24)11-2-1-3-13(8-11)27(25,26)22-7-6-20-16(23)10-22/h1-5,8-9H,6-7,10H2,(H,20,23)(H,21,24). The van der Waals surface area contributed by atoms with E-state index in [1.54, 1.807) is 18.2 Å². The summed E-state index contributed by atoms with van der Waals surface area (Å²) in [6, 6.07) is 10.7. The van der Waals surface area contributed by atoms with Crippen molar-refractivity contribution in [3.63, 3.8) is 0 Å². The molecular weight excluding hydrogens is 458 g/mol. The van der Waals surface area contributed by atoms with Crippen molar-refractivity contribution in [2.45, 2.75) is 4.90 Å². The molecule has 0 radical (unpaired) electrons. The van der Waals surface area contributed by atoms with Crippen LogP contribution in [0.2, 0.25) is 5.02 Å². The summed E-state index contributed by atoms with van der Waals surface area (Å²) in [5.41, 5.74) is 0.572. The van der Waals surface area contributed by atoms with E-state index in [9.17, 15) is 18.0 Å². The molecule has 0 unspecified atom stereocenters. The summed E-state index contributed by atoms with van der Waals surface area (Å²) in [6.07, 6.45) is 0. The van der Waals surface area contributed by atoms with Crippen LogP contribution in [0.3, 0.4) is 0 Å². The third-order valence-corrected chi connectivity index (χ3v) is 6.56. The number of nitrogens with zero attached hydrogens (tertiary/aromatic N) is 1. The molecule has 0 bridgehead atoms. The van der Waals surface area contributed by atoms with Crippen LogP contribution in [0.5, 0.6) is 0 Å². The third-order valence-electron chi connectivity index (χ3n) is 3.92. The predicted octanol–water partition coefficient (Wildman–Crippen LogP) is 2.48. The van der Waals surface area contributed by atoms with Gasteiger partial charge in [-0.15, -0.1) is 0 Å².